The summed E-state index contributed by atoms with van der Waals surface area (Å²) in [7, 11) is 0. The standard InChI is InChI=1S/C15H15BrClN/c1-10-3-5-12(6-4-10)11(2)18-13-7-8-14(16)15(17)9-13/h3-9,11,18H,1-2H3. The van der Waals surface area contributed by atoms with Crippen molar-refractivity contribution in [2.24, 2.45) is 0 Å². The first-order chi connectivity index (χ1) is 8.56. The second kappa shape index (κ2) is 5.77. The van der Waals surface area contributed by atoms with E-state index in [1.54, 1.807) is 0 Å². The van der Waals surface area contributed by atoms with Crippen molar-refractivity contribution in [2.75, 3.05) is 5.32 Å². The van der Waals surface area contributed by atoms with Crippen LogP contribution in [0.5, 0.6) is 0 Å². The van der Waals surface area contributed by atoms with E-state index < -0.39 is 0 Å². The van der Waals surface area contributed by atoms with Crippen LogP contribution in [-0.2, 0) is 0 Å². The van der Waals surface area contributed by atoms with Crippen molar-refractivity contribution in [3.05, 3.63) is 63.1 Å². The Labute approximate surface area is 121 Å². The fraction of sp³-hybridized carbons (Fsp3) is 0.200. The average Bonchev–Trinajstić information content (AvgIpc) is 2.34. The van der Waals surface area contributed by atoms with Gasteiger partial charge in [-0.2, -0.15) is 0 Å². The molecule has 2 aromatic rings. The number of aryl methyl sites for hydroxylation is 1. The zero-order valence-corrected chi connectivity index (χ0v) is 12.7. The van der Waals surface area contributed by atoms with Crippen LogP contribution in [0.4, 0.5) is 5.69 Å². The number of hydrogen-bond acceptors (Lipinski definition) is 1. The van der Waals surface area contributed by atoms with Crippen molar-refractivity contribution in [2.45, 2.75) is 19.9 Å². The minimum absolute atomic E-state index is 0.253. The first kappa shape index (κ1) is 13.4. The number of benzene rings is 2. The minimum atomic E-state index is 0.253. The van der Waals surface area contributed by atoms with Crippen LogP contribution in [0.1, 0.15) is 24.1 Å². The third kappa shape index (κ3) is 3.27. The van der Waals surface area contributed by atoms with Gasteiger partial charge in [-0.25, -0.2) is 0 Å². The Balaban J connectivity index is 2.13. The molecule has 3 heteroatoms. The predicted octanol–water partition coefficient (Wildman–Crippen LogP) is 5.58. The number of hydrogen-bond donors (Lipinski definition) is 1. The number of nitrogens with one attached hydrogen (secondary N) is 1. The van der Waals surface area contributed by atoms with Gasteiger partial charge in [0.25, 0.3) is 0 Å². The van der Waals surface area contributed by atoms with Crippen molar-refractivity contribution in [1.29, 1.82) is 0 Å². The monoisotopic (exact) mass is 323 g/mol. The largest absolute Gasteiger partial charge is 0.378 e. The SMILES string of the molecule is Cc1ccc(C(C)Nc2ccc(Br)c(Cl)c2)cc1. The van der Waals surface area contributed by atoms with Gasteiger partial charge in [0.1, 0.15) is 0 Å². The summed E-state index contributed by atoms with van der Waals surface area (Å²) in [6, 6.07) is 14.7. The van der Waals surface area contributed by atoms with E-state index in [9.17, 15) is 0 Å². The van der Waals surface area contributed by atoms with Gasteiger partial charge >= 0.3 is 0 Å². The molecule has 1 atom stereocenters. The summed E-state index contributed by atoms with van der Waals surface area (Å²) in [6.07, 6.45) is 0. The highest BCUT2D eigenvalue weighted by atomic mass is 79.9. The van der Waals surface area contributed by atoms with Crippen LogP contribution < -0.4 is 5.32 Å². The number of halogens is 2. The molecule has 0 spiro atoms. The Kier molecular flexibility index (Phi) is 4.31. The molecular weight excluding hydrogens is 310 g/mol. The Morgan fingerprint density at radius 1 is 1.11 bits per heavy atom. The van der Waals surface area contributed by atoms with E-state index in [0.717, 1.165) is 15.2 Å². The summed E-state index contributed by atoms with van der Waals surface area (Å²) < 4.78 is 0.915. The molecular formula is C15H15BrClN. The maximum Gasteiger partial charge on any atom is 0.0568 e. The molecule has 0 aliphatic carbocycles. The molecule has 1 N–H and O–H groups in total. The molecule has 18 heavy (non-hydrogen) atoms. The van der Waals surface area contributed by atoms with Crippen LogP contribution in [0.15, 0.2) is 46.9 Å². The van der Waals surface area contributed by atoms with E-state index in [1.165, 1.54) is 11.1 Å². The summed E-state index contributed by atoms with van der Waals surface area (Å²) in [5.41, 5.74) is 3.56. The summed E-state index contributed by atoms with van der Waals surface area (Å²) in [5, 5.41) is 4.16. The highest BCUT2D eigenvalue weighted by Gasteiger charge is 2.06. The van der Waals surface area contributed by atoms with Gasteiger partial charge in [0.15, 0.2) is 0 Å². The lowest BCUT2D eigenvalue weighted by Gasteiger charge is -2.16. The highest BCUT2D eigenvalue weighted by molar-refractivity contribution is 9.10. The first-order valence-corrected chi connectivity index (χ1v) is 7.01. The van der Waals surface area contributed by atoms with Crippen LogP contribution in [0.25, 0.3) is 0 Å². The van der Waals surface area contributed by atoms with Crippen molar-refractivity contribution in [1.82, 2.24) is 0 Å². The smallest absolute Gasteiger partial charge is 0.0568 e. The molecule has 0 aromatic heterocycles. The molecule has 1 unspecified atom stereocenters. The predicted molar refractivity (Wildman–Crippen MR) is 82.4 cm³/mol. The van der Waals surface area contributed by atoms with Gasteiger partial charge in [-0.1, -0.05) is 41.4 Å². The van der Waals surface area contributed by atoms with E-state index >= 15 is 0 Å². The van der Waals surface area contributed by atoms with E-state index in [2.05, 4.69) is 59.4 Å². The third-order valence-corrected chi connectivity index (χ3v) is 4.11. The maximum absolute atomic E-state index is 6.08. The van der Waals surface area contributed by atoms with Crippen molar-refractivity contribution in [3.63, 3.8) is 0 Å². The third-order valence-electron chi connectivity index (χ3n) is 2.88. The summed E-state index contributed by atoms with van der Waals surface area (Å²) in [6.45, 7) is 4.23. The average molecular weight is 325 g/mol. The Hall–Kier alpha value is -0.990. The van der Waals surface area contributed by atoms with Gasteiger partial charge in [-0.15, -0.1) is 0 Å². The van der Waals surface area contributed by atoms with Gasteiger partial charge < -0.3 is 5.32 Å². The molecule has 0 saturated heterocycles. The highest BCUT2D eigenvalue weighted by Crippen LogP contribution is 2.27. The summed E-state index contributed by atoms with van der Waals surface area (Å²) in [4.78, 5) is 0. The Morgan fingerprint density at radius 2 is 1.78 bits per heavy atom. The van der Waals surface area contributed by atoms with Gasteiger partial charge in [0, 0.05) is 16.2 Å². The van der Waals surface area contributed by atoms with Crippen LogP contribution in [0.3, 0.4) is 0 Å². The molecule has 2 aromatic carbocycles. The van der Waals surface area contributed by atoms with Crippen LogP contribution in [-0.4, -0.2) is 0 Å². The van der Waals surface area contributed by atoms with E-state index in [-0.39, 0.29) is 6.04 Å². The lowest BCUT2D eigenvalue weighted by molar-refractivity contribution is 0.884. The molecule has 0 bridgehead atoms. The number of rotatable bonds is 3. The van der Waals surface area contributed by atoms with Crippen molar-refractivity contribution in [3.8, 4) is 0 Å². The molecule has 0 amide bonds. The van der Waals surface area contributed by atoms with E-state index in [1.807, 2.05) is 18.2 Å². The lowest BCUT2D eigenvalue weighted by atomic mass is 10.1. The molecule has 0 aliphatic rings. The zero-order chi connectivity index (χ0) is 13.1. The molecule has 2 rings (SSSR count). The lowest BCUT2D eigenvalue weighted by Crippen LogP contribution is -2.06. The molecule has 94 valence electrons. The molecule has 0 fully saturated rings. The van der Waals surface area contributed by atoms with E-state index in [0.29, 0.717) is 0 Å². The van der Waals surface area contributed by atoms with Crippen molar-refractivity contribution >= 4 is 33.2 Å². The zero-order valence-electron chi connectivity index (χ0n) is 10.4. The van der Waals surface area contributed by atoms with Gasteiger partial charge in [0.05, 0.1) is 5.02 Å². The quantitative estimate of drug-likeness (QED) is 0.776. The minimum Gasteiger partial charge on any atom is -0.378 e. The first-order valence-electron chi connectivity index (χ1n) is 5.84. The van der Waals surface area contributed by atoms with E-state index in [4.69, 9.17) is 11.6 Å². The maximum atomic E-state index is 6.08. The Bertz CT molecular complexity index is 537. The summed E-state index contributed by atoms with van der Waals surface area (Å²) >= 11 is 9.47. The topological polar surface area (TPSA) is 12.0 Å². The molecule has 0 saturated carbocycles. The van der Waals surface area contributed by atoms with Gasteiger partial charge in [-0.05, 0) is 53.5 Å². The van der Waals surface area contributed by atoms with Crippen molar-refractivity contribution < 1.29 is 0 Å². The molecule has 0 radical (unpaired) electrons. The second-order valence-corrected chi connectivity index (χ2v) is 5.67. The van der Waals surface area contributed by atoms with Crippen LogP contribution >= 0.6 is 27.5 Å². The molecule has 0 aliphatic heterocycles. The second-order valence-electron chi connectivity index (χ2n) is 4.41. The molecule has 0 heterocycles. The fourth-order valence-corrected chi connectivity index (χ4v) is 2.20. The molecule has 1 nitrogen and oxygen atoms in total. The van der Waals surface area contributed by atoms with Gasteiger partial charge in [0.2, 0.25) is 0 Å². The number of anilines is 1. The fourth-order valence-electron chi connectivity index (χ4n) is 1.77. The normalized spacial score (nSPS) is 12.2. The van der Waals surface area contributed by atoms with Crippen LogP contribution in [0.2, 0.25) is 5.02 Å². The van der Waals surface area contributed by atoms with Crippen LogP contribution in [0, 0.1) is 6.92 Å². The summed E-state index contributed by atoms with van der Waals surface area (Å²) in [5.74, 6) is 0. The Morgan fingerprint density at radius 3 is 2.39 bits per heavy atom. The van der Waals surface area contributed by atoms with Gasteiger partial charge in [-0.3, -0.25) is 0 Å².